The number of carbonyl (C=O) groups is 1. The van der Waals surface area contributed by atoms with Gasteiger partial charge in [-0.2, -0.15) is 0 Å². The monoisotopic (exact) mass is 430 g/mol. The van der Waals surface area contributed by atoms with E-state index in [0.717, 1.165) is 43.4 Å². The van der Waals surface area contributed by atoms with Crippen LogP contribution in [0.15, 0.2) is 41.3 Å². The fourth-order valence-electron chi connectivity index (χ4n) is 3.96. The molecule has 2 aromatic rings. The van der Waals surface area contributed by atoms with E-state index in [1.54, 1.807) is 36.4 Å². The van der Waals surface area contributed by atoms with Crippen molar-refractivity contribution in [3.05, 3.63) is 42.0 Å². The van der Waals surface area contributed by atoms with Gasteiger partial charge in [-0.3, -0.25) is 9.52 Å². The third-order valence-corrected chi connectivity index (χ3v) is 7.22. The fraction of sp³-hybridized carbons (Fsp3) is 0.409. The summed E-state index contributed by atoms with van der Waals surface area (Å²) >= 11 is 0. The molecule has 0 bridgehead atoms. The minimum Gasteiger partial charge on any atom is -0.493 e. The van der Waals surface area contributed by atoms with Crippen molar-refractivity contribution in [3.63, 3.8) is 0 Å². The number of aryl methyl sites for hydroxylation is 1. The maximum atomic E-state index is 13.0. The Balaban J connectivity index is 1.59. The number of methoxy groups -OCH3 is 2. The summed E-state index contributed by atoms with van der Waals surface area (Å²) in [4.78, 5) is 14.8. The van der Waals surface area contributed by atoms with Gasteiger partial charge in [-0.15, -0.1) is 0 Å². The number of benzene rings is 2. The first kappa shape index (κ1) is 20.5. The minimum absolute atomic E-state index is 0.117. The molecule has 0 aromatic heterocycles. The van der Waals surface area contributed by atoms with Crippen LogP contribution >= 0.6 is 0 Å². The van der Waals surface area contributed by atoms with Crippen LogP contribution in [0.5, 0.6) is 11.5 Å². The van der Waals surface area contributed by atoms with Crippen molar-refractivity contribution in [2.45, 2.75) is 37.0 Å². The van der Waals surface area contributed by atoms with E-state index < -0.39 is 10.0 Å². The quantitative estimate of drug-likeness (QED) is 0.757. The zero-order chi connectivity index (χ0) is 21.3. The van der Waals surface area contributed by atoms with E-state index in [1.807, 2.05) is 4.90 Å². The first-order valence-corrected chi connectivity index (χ1v) is 11.6. The lowest BCUT2D eigenvalue weighted by Gasteiger charge is -2.35. The lowest BCUT2D eigenvalue weighted by molar-refractivity contribution is -0.124. The molecule has 1 heterocycles. The summed E-state index contributed by atoms with van der Waals surface area (Å²) in [5.41, 5.74) is 2.11. The summed E-state index contributed by atoms with van der Waals surface area (Å²) in [6, 6.07) is 9.85. The van der Waals surface area contributed by atoms with Crippen LogP contribution in [0.3, 0.4) is 0 Å². The first-order valence-electron chi connectivity index (χ1n) is 10.1. The van der Waals surface area contributed by atoms with Gasteiger partial charge >= 0.3 is 0 Å². The standard InChI is InChI=1S/C22H26N2O5S/c1-28-20-11-8-17(14-21(20)29-2)23-30(26,27)18-9-10-19-16(13-18)7-4-12-24(19)22(25)15-5-3-6-15/h8-11,13-15,23H,3-7,12H2,1-2H3. The lowest BCUT2D eigenvalue weighted by Crippen LogP contribution is -2.41. The second-order valence-corrected chi connectivity index (χ2v) is 9.37. The molecule has 2 aliphatic rings. The molecule has 1 N–H and O–H groups in total. The Morgan fingerprint density at radius 1 is 1.03 bits per heavy atom. The van der Waals surface area contributed by atoms with Crippen LogP contribution in [0.1, 0.15) is 31.2 Å². The zero-order valence-electron chi connectivity index (χ0n) is 17.2. The average molecular weight is 431 g/mol. The van der Waals surface area contributed by atoms with Crippen LogP contribution in [-0.4, -0.2) is 35.1 Å². The highest BCUT2D eigenvalue weighted by molar-refractivity contribution is 7.92. The molecular formula is C22H26N2O5S. The van der Waals surface area contributed by atoms with Gasteiger partial charge in [-0.1, -0.05) is 6.42 Å². The summed E-state index contributed by atoms with van der Waals surface area (Å²) in [6.45, 7) is 0.693. The van der Waals surface area contributed by atoms with E-state index in [1.165, 1.54) is 14.2 Å². The normalized spacial score (nSPS) is 16.4. The molecule has 0 saturated heterocycles. The van der Waals surface area contributed by atoms with Gasteiger partial charge in [0, 0.05) is 24.2 Å². The molecule has 1 aliphatic carbocycles. The van der Waals surface area contributed by atoms with Crippen molar-refractivity contribution in [1.29, 1.82) is 0 Å². The third kappa shape index (κ3) is 3.84. The van der Waals surface area contributed by atoms with Crippen molar-refractivity contribution in [3.8, 4) is 11.5 Å². The molecule has 1 saturated carbocycles. The second-order valence-electron chi connectivity index (χ2n) is 7.69. The first-order chi connectivity index (χ1) is 14.4. The third-order valence-electron chi connectivity index (χ3n) is 5.84. The molecule has 1 amide bonds. The number of carbonyl (C=O) groups excluding carboxylic acids is 1. The Hall–Kier alpha value is -2.74. The Labute approximate surface area is 177 Å². The smallest absolute Gasteiger partial charge is 0.261 e. The Morgan fingerprint density at radius 3 is 2.47 bits per heavy atom. The highest BCUT2D eigenvalue weighted by Gasteiger charge is 2.32. The van der Waals surface area contributed by atoms with E-state index in [2.05, 4.69) is 4.72 Å². The highest BCUT2D eigenvalue weighted by atomic mass is 32.2. The highest BCUT2D eigenvalue weighted by Crippen LogP contribution is 2.35. The van der Waals surface area contributed by atoms with Crippen LogP contribution < -0.4 is 19.1 Å². The Morgan fingerprint density at radius 2 is 1.80 bits per heavy atom. The Kier molecular flexibility index (Phi) is 5.60. The largest absolute Gasteiger partial charge is 0.493 e. The lowest BCUT2D eigenvalue weighted by atomic mass is 9.83. The SMILES string of the molecule is COc1ccc(NS(=O)(=O)c2ccc3c(c2)CCCN3C(=O)C2CCC2)cc1OC. The number of sulfonamides is 1. The number of fused-ring (bicyclic) bond motifs is 1. The van der Waals surface area contributed by atoms with Crippen molar-refractivity contribution < 1.29 is 22.7 Å². The number of ether oxygens (including phenoxy) is 2. The summed E-state index contributed by atoms with van der Waals surface area (Å²) in [7, 11) is -0.771. The number of amides is 1. The van der Waals surface area contributed by atoms with Crippen molar-refractivity contribution in [1.82, 2.24) is 0 Å². The maximum Gasteiger partial charge on any atom is 0.261 e. The van der Waals surface area contributed by atoms with Crippen molar-refractivity contribution >= 4 is 27.3 Å². The van der Waals surface area contributed by atoms with Gasteiger partial charge in [0.2, 0.25) is 5.91 Å². The molecule has 8 heteroatoms. The molecule has 2 aromatic carbocycles. The zero-order valence-corrected chi connectivity index (χ0v) is 18.0. The van der Waals surface area contributed by atoms with Crippen molar-refractivity contribution in [2.75, 3.05) is 30.4 Å². The average Bonchev–Trinajstić information content (AvgIpc) is 2.71. The summed E-state index contributed by atoms with van der Waals surface area (Å²) < 4.78 is 38.9. The van der Waals surface area contributed by atoms with Gasteiger partial charge in [0.05, 0.1) is 24.8 Å². The number of hydrogen-bond acceptors (Lipinski definition) is 5. The molecule has 1 fully saturated rings. The number of nitrogens with zero attached hydrogens (tertiary/aromatic N) is 1. The van der Waals surface area contributed by atoms with E-state index in [0.29, 0.717) is 23.7 Å². The molecule has 0 unspecified atom stereocenters. The van der Waals surface area contributed by atoms with E-state index in [-0.39, 0.29) is 16.7 Å². The minimum atomic E-state index is -3.79. The number of hydrogen-bond donors (Lipinski definition) is 1. The van der Waals surface area contributed by atoms with Gasteiger partial charge in [0.1, 0.15) is 0 Å². The van der Waals surface area contributed by atoms with Gasteiger partial charge in [0.15, 0.2) is 11.5 Å². The van der Waals surface area contributed by atoms with E-state index in [9.17, 15) is 13.2 Å². The van der Waals surface area contributed by atoms with Crippen LogP contribution in [0.4, 0.5) is 11.4 Å². The molecule has 30 heavy (non-hydrogen) atoms. The number of anilines is 2. The summed E-state index contributed by atoms with van der Waals surface area (Å²) in [6.07, 6.45) is 4.59. The van der Waals surface area contributed by atoms with Crippen LogP contribution in [-0.2, 0) is 21.2 Å². The van der Waals surface area contributed by atoms with Gasteiger partial charge < -0.3 is 14.4 Å². The van der Waals surface area contributed by atoms with Gasteiger partial charge in [-0.25, -0.2) is 8.42 Å². The summed E-state index contributed by atoms with van der Waals surface area (Å²) in [5.74, 6) is 1.24. The molecule has 7 nitrogen and oxygen atoms in total. The van der Waals surface area contributed by atoms with E-state index in [4.69, 9.17) is 9.47 Å². The van der Waals surface area contributed by atoms with Gasteiger partial charge in [-0.05, 0) is 61.6 Å². The van der Waals surface area contributed by atoms with Gasteiger partial charge in [0.25, 0.3) is 10.0 Å². The number of nitrogens with one attached hydrogen (secondary N) is 1. The van der Waals surface area contributed by atoms with Crippen LogP contribution in [0.25, 0.3) is 0 Å². The predicted octanol–water partition coefficient (Wildman–Crippen LogP) is 3.58. The molecule has 0 atom stereocenters. The van der Waals surface area contributed by atoms with Crippen molar-refractivity contribution in [2.24, 2.45) is 5.92 Å². The molecule has 4 rings (SSSR count). The Bertz CT molecular complexity index is 1060. The number of rotatable bonds is 6. The molecular weight excluding hydrogens is 404 g/mol. The molecule has 160 valence electrons. The van der Waals surface area contributed by atoms with E-state index >= 15 is 0 Å². The topological polar surface area (TPSA) is 84.9 Å². The predicted molar refractivity (Wildman–Crippen MR) is 115 cm³/mol. The summed E-state index contributed by atoms with van der Waals surface area (Å²) in [5, 5.41) is 0. The molecule has 0 radical (unpaired) electrons. The molecule has 1 aliphatic heterocycles. The molecule has 0 spiro atoms. The maximum absolute atomic E-state index is 13.0. The van der Waals surface area contributed by atoms with Crippen LogP contribution in [0, 0.1) is 5.92 Å². The van der Waals surface area contributed by atoms with Crippen LogP contribution in [0.2, 0.25) is 0 Å². The second kappa shape index (κ2) is 8.18. The fourth-order valence-corrected chi connectivity index (χ4v) is 5.06.